The van der Waals surface area contributed by atoms with E-state index in [1.807, 2.05) is 6.07 Å². The number of carbonyl (C=O) groups excluding carboxylic acids is 1. The molecule has 0 spiro atoms. The Labute approximate surface area is 166 Å². The van der Waals surface area contributed by atoms with E-state index >= 15 is 0 Å². The van der Waals surface area contributed by atoms with Crippen molar-refractivity contribution in [1.82, 2.24) is 0 Å². The molecule has 3 aromatic rings. The molecule has 0 saturated carbocycles. The van der Waals surface area contributed by atoms with Gasteiger partial charge < -0.3 is 0 Å². The van der Waals surface area contributed by atoms with Crippen LogP contribution >= 0.6 is 11.8 Å². The van der Waals surface area contributed by atoms with Crippen LogP contribution < -0.4 is 0 Å². The van der Waals surface area contributed by atoms with Crippen molar-refractivity contribution >= 4 is 17.5 Å². The van der Waals surface area contributed by atoms with Gasteiger partial charge in [-0.2, -0.15) is 13.2 Å². The van der Waals surface area contributed by atoms with Crippen LogP contribution in [0.3, 0.4) is 0 Å². The molecule has 0 heterocycles. The first-order chi connectivity index (χ1) is 13.4. The highest BCUT2D eigenvalue weighted by molar-refractivity contribution is 7.99. The van der Waals surface area contributed by atoms with Crippen molar-refractivity contribution in [2.24, 2.45) is 0 Å². The predicted molar refractivity (Wildman–Crippen MR) is 107 cm³/mol. The first-order valence-corrected chi connectivity index (χ1v) is 9.79. The number of rotatable bonds is 7. The van der Waals surface area contributed by atoms with Crippen LogP contribution in [0.4, 0.5) is 13.2 Å². The van der Waals surface area contributed by atoms with E-state index < -0.39 is 23.1 Å². The normalized spacial score (nSPS) is 13.7. The van der Waals surface area contributed by atoms with Crippen LogP contribution in [-0.2, 0) is 10.5 Å². The number of ketones is 1. The van der Waals surface area contributed by atoms with Crippen LogP contribution in [-0.4, -0.2) is 12.0 Å². The molecule has 28 heavy (non-hydrogen) atoms. The average molecular weight is 400 g/mol. The summed E-state index contributed by atoms with van der Waals surface area (Å²) in [6, 6.07) is 24.9. The van der Waals surface area contributed by atoms with Gasteiger partial charge in [0, 0.05) is 17.7 Å². The second-order valence-electron chi connectivity index (χ2n) is 6.43. The molecule has 0 amide bonds. The molecule has 0 aliphatic heterocycles. The van der Waals surface area contributed by atoms with E-state index in [1.165, 1.54) is 12.1 Å². The lowest BCUT2D eigenvalue weighted by Crippen LogP contribution is -2.41. The van der Waals surface area contributed by atoms with Crippen molar-refractivity contribution < 1.29 is 18.0 Å². The first kappa shape index (κ1) is 20.2. The minimum Gasteiger partial charge on any atom is -0.294 e. The van der Waals surface area contributed by atoms with Gasteiger partial charge in [0.15, 0.2) is 5.78 Å². The lowest BCUT2D eigenvalue weighted by atomic mass is 9.90. The molecule has 0 aromatic heterocycles. The molecule has 3 aromatic carbocycles. The SMILES string of the molecule is O=C(C[C@](SCc1ccccc1)(c1ccccc1)C(F)(F)F)c1ccccc1. The van der Waals surface area contributed by atoms with Gasteiger partial charge in [-0.05, 0) is 11.1 Å². The second kappa shape index (κ2) is 8.65. The topological polar surface area (TPSA) is 17.1 Å². The van der Waals surface area contributed by atoms with Crippen molar-refractivity contribution in [2.45, 2.75) is 23.1 Å². The standard InChI is InChI=1S/C23H19F3OS/c24-23(25,26)22(20-14-8-3-9-15-20,28-17-18-10-4-1-5-11-18)16-21(27)19-12-6-2-7-13-19/h1-15H,16-17H2/t22-/m0/s1. The molecule has 0 aliphatic rings. The lowest BCUT2D eigenvalue weighted by Gasteiger charge is -2.35. The van der Waals surface area contributed by atoms with Crippen molar-refractivity contribution in [3.05, 3.63) is 108 Å². The highest BCUT2D eigenvalue weighted by Gasteiger charge is 2.57. The first-order valence-electron chi connectivity index (χ1n) is 8.81. The summed E-state index contributed by atoms with van der Waals surface area (Å²) in [4.78, 5) is 12.8. The smallest absolute Gasteiger partial charge is 0.294 e. The number of hydrogen-bond donors (Lipinski definition) is 0. The number of benzene rings is 3. The van der Waals surface area contributed by atoms with Gasteiger partial charge in [-0.25, -0.2) is 0 Å². The average Bonchev–Trinajstić information content (AvgIpc) is 2.72. The van der Waals surface area contributed by atoms with Gasteiger partial charge in [0.2, 0.25) is 0 Å². The molecule has 0 fully saturated rings. The predicted octanol–water partition coefficient (Wildman–Crippen LogP) is 6.65. The van der Waals surface area contributed by atoms with Gasteiger partial charge in [0.05, 0.1) is 0 Å². The van der Waals surface area contributed by atoms with Crippen LogP contribution in [0.5, 0.6) is 0 Å². The zero-order valence-electron chi connectivity index (χ0n) is 15.0. The largest absolute Gasteiger partial charge is 0.407 e. The number of alkyl halides is 3. The van der Waals surface area contributed by atoms with Gasteiger partial charge in [0.25, 0.3) is 0 Å². The molecule has 0 N–H and O–H groups in total. The number of carbonyl (C=O) groups is 1. The summed E-state index contributed by atoms with van der Waals surface area (Å²) in [5, 5.41) is 0. The summed E-state index contributed by atoms with van der Waals surface area (Å²) in [5.41, 5.74) is 1.16. The molecular formula is C23H19F3OS. The molecule has 0 bridgehead atoms. The van der Waals surface area contributed by atoms with E-state index in [-0.39, 0.29) is 16.9 Å². The summed E-state index contributed by atoms with van der Waals surface area (Å²) < 4.78 is 41.1. The maximum atomic E-state index is 14.5. The monoisotopic (exact) mass is 400 g/mol. The summed E-state index contributed by atoms with van der Waals surface area (Å²) in [6.45, 7) is 0. The molecular weight excluding hydrogens is 381 g/mol. The van der Waals surface area contributed by atoms with Gasteiger partial charge in [0.1, 0.15) is 4.75 Å². The summed E-state index contributed by atoms with van der Waals surface area (Å²) >= 11 is 0.759. The van der Waals surface area contributed by atoms with E-state index in [2.05, 4.69) is 0 Å². The van der Waals surface area contributed by atoms with Crippen molar-refractivity contribution in [2.75, 3.05) is 0 Å². The Bertz CT molecular complexity index is 895. The molecule has 0 saturated heterocycles. The maximum absolute atomic E-state index is 14.5. The van der Waals surface area contributed by atoms with Crippen molar-refractivity contribution in [3.8, 4) is 0 Å². The number of hydrogen-bond acceptors (Lipinski definition) is 2. The van der Waals surface area contributed by atoms with Crippen LogP contribution in [0.1, 0.15) is 27.9 Å². The van der Waals surface area contributed by atoms with Crippen molar-refractivity contribution in [3.63, 3.8) is 0 Å². The Morgan fingerprint density at radius 2 is 1.25 bits per heavy atom. The fourth-order valence-electron chi connectivity index (χ4n) is 3.02. The van der Waals surface area contributed by atoms with Gasteiger partial charge in [-0.1, -0.05) is 91.0 Å². The molecule has 144 valence electrons. The highest BCUT2D eigenvalue weighted by Crippen LogP contribution is 2.53. The van der Waals surface area contributed by atoms with E-state index in [4.69, 9.17) is 0 Å². The Kier molecular flexibility index (Phi) is 6.25. The second-order valence-corrected chi connectivity index (χ2v) is 7.71. The lowest BCUT2D eigenvalue weighted by molar-refractivity contribution is -0.161. The van der Waals surface area contributed by atoms with Gasteiger partial charge in [-0.15, -0.1) is 11.8 Å². The van der Waals surface area contributed by atoms with Gasteiger partial charge in [-0.3, -0.25) is 4.79 Å². The van der Waals surface area contributed by atoms with Crippen molar-refractivity contribution in [1.29, 1.82) is 0 Å². The molecule has 3 rings (SSSR count). The summed E-state index contributed by atoms with van der Waals surface area (Å²) in [5.74, 6) is -0.375. The number of thioether (sulfide) groups is 1. The van der Waals surface area contributed by atoms with E-state index in [1.54, 1.807) is 72.8 Å². The molecule has 0 unspecified atom stereocenters. The van der Waals surface area contributed by atoms with E-state index in [0.29, 0.717) is 0 Å². The molecule has 5 heteroatoms. The summed E-state index contributed by atoms with van der Waals surface area (Å²) in [7, 11) is 0. The van der Waals surface area contributed by atoms with Crippen LogP contribution in [0.15, 0.2) is 91.0 Å². The van der Waals surface area contributed by atoms with E-state index in [0.717, 1.165) is 17.3 Å². The Balaban J connectivity index is 2.01. The Hall–Kier alpha value is -2.53. The summed E-state index contributed by atoms with van der Waals surface area (Å²) in [6.07, 6.45) is -5.25. The zero-order chi connectivity index (χ0) is 20.0. The molecule has 1 nitrogen and oxygen atoms in total. The van der Waals surface area contributed by atoms with Crippen LogP contribution in [0.25, 0.3) is 0 Å². The zero-order valence-corrected chi connectivity index (χ0v) is 15.8. The quantitative estimate of drug-likeness (QED) is 0.413. The fourth-order valence-corrected chi connectivity index (χ4v) is 4.33. The molecule has 0 aliphatic carbocycles. The fraction of sp³-hybridized carbons (Fsp3) is 0.174. The van der Waals surface area contributed by atoms with Crippen LogP contribution in [0, 0.1) is 0 Å². The minimum absolute atomic E-state index is 0.0905. The number of Topliss-reactive ketones (excluding diaryl/α,β-unsaturated/α-hetero) is 1. The van der Waals surface area contributed by atoms with Crippen LogP contribution in [0.2, 0.25) is 0 Å². The minimum atomic E-state index is -4.60. The Morgan fingerprint density at radius 3 is 1.79 bits per heavy atom. The Morgan fingerprint density at radius 1 is 0.750 bits per heavy atom. The highest BCUT2D eigenvalue weighted by atomic mass is 32.2. The third-order valence-electron chi connectivity index (χ3n) is 4.53. The third-order valence-corrected chi connectivity index (χ3v) is 6.11. The molecule has 1 atom stereocenters. The van der Waals surface area contributed by atoms with E-state index in [9.17, 15) is 18.0 Å². The third kappa shape index (κ3) is 4.47. The maximum Gasteiger partial charge on any atom is 0.407 e. The molecule has 0 radical (unpaired) electrons. The number of halogens is 3. The van der Waals surface area contributed by atoms with Gasteiger partial charge >= 0.3 is 6.18 Å².